The number of methoxy groups -OCH3 is 1. The average molecular weight is 440 g/mol. The Labute approximate surface area is 172 Å². The first kappa shape index (κ1) is 18.6. The monoisotopic (exact) mass is 439 g/mol. The highest BCUT2D eigenvalue weighted by molar-refractivity contribution is 9.10. The lowest BCUT2D eigenvalue weighted by molar-refractivity contribution is 0.416. The number of rotatable bonds is 4. The molecule has 2 heterocycles. The summed E-state index contributed by atoms with van der Waals surface area (Å²) in [5, 5.41) is 8.10. The fourth-order valence-electron chi connectivity index (χ4n) is 3.55. The predicted octanol–water partition coefficient (Wildman–Crippen LogP) is 5.20. The Kier molecular flexibility index (Phi) is 4.63. The summed E-state index contributed by atoms with van der Waals surface area (Å²) in [7, 11) is 3.68. The van der Waals surface area contributed by atoms with Gasteiger partial charge in [-0.15, -0.1) is 0 Å². The SMILES string of the molecule is COc1cc(Br)cc(C)c1Nc1nc2cccc(-n3nc(C)cc3C)c2n1C. The lowest BCUT2D eigenvalue weighted by Gasteiger charge is -2.14. The maximum atomic E-state index is 5.56. The van der Waals surface area contributed by atoms with Crippen LogP contribution in [0.3, 0.4) is 0 Å². The lowest BCUT2D eigenvalue weighted by Crippen LogP contribution is -2.05. The first-order valence-corrected chi connectivity index (χ1v) is 9.78. The summed E-state index contributed by atoms with van der Waals surface area (Å²) in [6.07, 6.45) is 0. The molecule has 0 atom stereocenters. The van der Waals surface area contributed by atoms with Crippen LogP contribution in [0, 0.1) is 20.8 Å². The highest BCUT2D eigenvalue weighted by Crippen LogP contribution is 2.35. The Balaban J connectivity index is 1.86. The van der Waals surface area contributed by atoms with E-state index in [0.717, 1.165) is 55.5 Å². The van der Waals surface area contributed by atoms with E-state index >= 15 is 0 Å². The molecule has 0 saturated heterocycles. The minimum Gasteiger partial charge on any atom is -0.495 e. The minimum absolute atomic E-state index is 0.743. The van der Waals surface area contributed by atoms with Gasteiger partial charge < -0.3 is 14.6 Å². The zero-order valence-corrected chi connectivity index (χ0v) is 18.1. The second-order valence-electron chi connectivity index (χ2n) is 6.90. The third-order valence-electron chi connectivity index (χ3n) is 4.83. The molecular formula is C21H22BrN5O. The van der Waals surface area contributed by atoms with E-state index in [9.17, 15) is 0 Å². The molecule has 144 valence electrons. The third-order valence-corrected chi connectivity index (χ3v) is 5.29. The number of aromatic nitrogens is 4. The van der Waals surface area contributed by atoms with Gasteiger partial charge in [-0.25, -0.2) is 9.67 Å². The Morgan fingerprint density at radius 1 is 1.11 bits per heavy atom. The predicted molar refractivity (Wildman–Crippen MR) is 116 cm³/mol. The molecule has 0 aliphatic rings. The molecule has 0 radical (unpaired) electrons. The standard InChI is InChI=1S/C21H22BrN5O/c1-12-9-15(22)11-18(28-5)19(12)24-21-23-16-7-6-8-17(20(16)26(21)4)27-14(3)10-13(2)25-27/h6-11H,1-5H3,(H,23,24). The van der Waals surface area contributed by atoms with Gasteiger partial charge in [0.2, 0.25) is 5.95 Å². The van der Waals surface area contributed by atoms with Crippen LogP contribution in [0.2, 0.25) is 0 Å². The van der Waals surface area contributed by atoms with Gasteiger partial charge in [0.05, 0.1) is 35.2 Å². The molecule has 28 heavy (non-hydrogen) atoms. The van der Waals surface area contributed by atoms with Crippen molar-refractivity contribution in [2.45, 2.75) is 20.8 Å². The van der Waals surface area contributed by atoms with Crippen molar-refractivity contribution in [3.05, 3.63) is 57.8 Å². The summed E-state index contributed by atoms with van der Waals surface area (Å²) in [5.74, 6) is 1.51. The molecule has 1 N–H and O–H groups in total. The zero-order chi connectivity index (χ0) is 20.0. The number of ether oxygens (including phenoxy) is 1. The number of nitrogens with zero attached hydrogens (tertiary/aromatic N) is 4. The number of hydrogen-bond acceptors (Lipinski definition) is 4. The summed E-state index contributed by atoms with van der Waals surface area (Å²) in [5.41, 5.74) is 6.98. The number of imidazole rings is 1. The number of aryl methyl sites for hydroxylation is 4. The maximum Gasteiger partial charge on any atom is 0.208 e. The first-order valence-electron chi connectivity index (χ1n) is 8.99. The summed E-state index contributed by atoms with van der Waals surface area (Å²) in [4.78, 5) is 4.81. The molecule has 0 saturated carbocycles. The van der Waals surface area contributed by atoms with Crippen LogP contribution in [0.25, 0.3) is 16.7 Å². The van der Waals surface area contributed by atoms with Crippen molar-refractivity contribution in [1.29, 1.82) is 0 Å². The van der Waals surface area contributed by atoms with Crippen LogP contribution >= 0.6 is 15.9 Å². The molecule has 0 amide bonds. The molecule has 0 aliphatic carbocycles. The van der Waals surface area contributed by atoms with Crippen molar-refractivity contribution >= 4 is 38.6 Å². The molecule has 0 bridgehead atoms. The number of anilines is 2. The number of benzene rings is 2. The van der Waals surface area contributed by atoms with Crippen LogP contribution in [-0.4, -0.2) is 26.4 Å². The van der Waals surface area contributed by atoms with Gasteiger partial charge in [-0.2, -0.15) is 5.10 Å². The van der Waals surface area contributed by atoms with Crippen LogP contribution in [0.1, 0.15) is 17.0 Å². The number of hydrogen-bond donors (Lipinski definition) is 1. The van der Waals surface area contributed by atoms with E-state index in [1.165, 1.54) is 0 Å². The van der Waals surface area contributed by atoms with E-state index in [2.05, 4.69) is 56.0 Å². The van der Waals surface area contributed by atoms with Crippen LogP contribution in [-0.2, 0) is 7.05 Å². The molecule has 0 unspecified atom stereocenters. The van der Waals surface area contributed by atoms with Crippen molar-refractivity contribution in [1.82, 2.24) is 19.3 Å². The van der Waals surface area contributed by atoms with E-state index in [-0.39, 0.29) is 0 Å². The molecular weight excluding hydrogens is 418 g/mol. The lowest BCUT2D eigenvalue weighted by atomic mass is 10.2. The van der Waals surface area contributed by atoms with E-state index in [1.54, 1.807) is 7.11 Å². The Bertz CT molecular complexity index is 1190. The molecule has 4 aromatic rings. The third kappa shape index (κ3) is 3.05. The molecule has 2 aromatic carbocycles. The van der Waals surface area contributed by atoms with Crippen molar-refractivity contribution in [3.8, 4) is 11.4 Å². The van der Waals surface area contributed by atoms with Gasteiger partial charge in [0.25, 0.3) is 0 Å². The average Bonchev–Trinajstić information content (AvgIpc) is 3.15. The first-order chi connectivity index (χ1) is 13.4. The van der Waals surface area contributed by atoms with Gasteiger partial charge >= 0.3 is 0 Å². The van der Waals surface area contributed by atoms with Crippen LogP contribution in [0.4, 0.5) is 11.6 Å². The summed E-state index contributed by atoms with van der Waals surface area (Å²) in [6, 6.07) is 12.2. The van der Waals surface area contributed by atoms with E-state index in [1.807, 2.05) is 43.8 Å². The number of halogens is 1. The van der Waals surface area contributed by atoms with E-state index < -0.39 is 0 Å². The van der Waals surface area contributed by atoms with Gasteiger partial charge in [-0.3, -0.25) is 0 Å². The molecule has 0 aliphatic heterocycles. The van der Waals surface area contributed by atoms with Crippen LogP contribution in [0.5, 0.6) is 5.75 Å². The molecule has 6 nitrogen and oxygen atoms in total. The number of nitrogens with one attached hydrogen (secondary N) is 1. The van der Waals surface area contributed by atoms with Crippen LogP contribution in [0.15, 0.2) is 40.9 Å². The summed E-state index contributed by atoms with van der Waals surface area (Å²) in [6.45, 7) is 6.10. The molecule has 2 aromatic heterocycles. The van der Waals surface area contributed by atoms with E-state index in [4.69, 9.17) is 9.72 Å². The quantitative estimate of drug-likeness (QED) is 0.474. The summed E-state index contributed by atoms with van der Waals surface area (Å²) >= 11 is 3.52. The molecule has 4 rings (SSSR count). The Morgan fingerprint density at radius 2 is 1.89 bits per heavy atom. The van der Waals surface area contributed by atoms with Crippen molar-refractivity contribution in [3.63, 3.8) is 0 Å². The molecule has 0 fully saturated rings. The Hall–Kier alpha value is -2.80. The highest BCUT2D eigenvalue weighted by atomic mass is 79.9. The summed E-state index contributed by atoms with van der Waals surface area (Å²) < 4.78 is 10.6. The topological polar surface area (TPSA) is 56.9 Å². The molecule has 0 spiro atoms. The van der Waals surface area contributed by atoms with E-state index in [0.29, 0.717) is 0 Å². The van der Waals surface area contributed by atoms with Gasteiger partial charge in [0.1, 0.15) is 5.75 Å². The van der Waals surface area contributed by atoms with Crippen molar-refractivity contribution < 1.29 is 4.74 Å². The van der Waals surface area contributed by atoms with Gasteiger partial charge in [-0.1, -0.05) is 22.0 Å². The molecule has 7 heteroatoms. The van der Waals surface area contributed by atoms with Crippen molar-refractivity contribution in [2.24, 2.45) is 7.05 Å². The zero-order valence-electron chi connectivity index (χ0n) is 16.5. The Morgan fingerprint density at radius 3 is 2.57 bits per heavy atom. The fourth-order valence-corrected chi connectivity index (χ4v) is 4.10. The minimum atomic E-state index is 0.743. The maximum absolute atomic E-state index is 5.56. The largest absolute Gasteiger partial charge is 0.495 e. The number of fused-ring (bicyclic) bond motifs is 1. The number of para-hydroxylation sites is 1. The highest BCUT2D eigenvalue weighted by Gasteiger charge is 2.17. The second kappa shape index (κ2) is 6.98. The van der Waals surface area contributed by atoms with Crippen LogP contribution < -0.4 is 10.1 Å². The smallest absolute Gasteiger partial charge is 0.208 e. The second-order valence-corrected chi connectivity index (χ2v) is 7.82. The van der Waals surface area contributed by atoms with Gasteiger partial charge in [0.15, 0.2) is 0 Å². The van der Waals surface area contributed by atoms with Crippen molar-refractivity contribution in [2.75, 3.05) is 12.4 Å². The van der Waals surface area contributed by atoms with Gasteiger partial charge in [0, 0.05) is 17.2 Å². The normalized spacial score (nSPS) is 11.2. The fraction of sp³-hybridized carbons (Fsp3) is 0.238. The van der Waals surface area contributed by atoms with Gasteiger partial charge in [-0.05, 0) is 56.7 Å².